The van der Waals surface area contributed by atoms with E-state index in [1.54, 1.807) is 10.9 Å². The van der Waals surface area contributed by atoms with Crippen LogP contribution in [0.25, 0.3) is 11.3 Å². The fourth-order valence-electron chi connectivity index (χ4n) is 3.09. The van der Waals surface area contributed by atoms with Gasteiger partial charge >= 0.3 is 6.03 Å². The van der Waals surface area contributed by atoms with Gasteiger partial charge in [0.1, 0.15) is 0 Å². The molecule has 2 aromatic rings. The van der Waals surface area contributed by atoms with Crippen LogP contribution < -0.4 is 5.32 Å². The Morgan fingerprint density at radius 2 is 2.30 bits per heavy atom. The summed E-state index contributed by atoms with van der Waals surface area (Å²) in [6.45, 7) is 3.30. The van der Waals surface area contributed by atoms with E-state index in [4.69, 9.17) is 6.42 Å². The summed E-state index contributed by atoms with van der Waals surface area (Å²) >= 11 is 0. The lowest BCUT2D eigenvalue weighted by Gasteiger charge is -2.28. The lowest BCUT2D eigenvalue weighted by molar-refractivity contribution is 0.191. The molecule has 8 heteroatoms. The third kappa shape index (κ3) is 4.83. The normalized spacial score (nSPS) is 13.3. The number of nitrogens with one attached hydrogen (secondary N) is 1. The molecule has 8 nitrogen and oxygen atoms in total. The lowest BCUT2D eigenvalue weighted by Crippen LogP contribution is -2.43. The second-order valence-electron chi connectivity index (χ2n) is 6.80. The van der Waals surface area contributed by atoms with Crippen LogP contribution in [-0.2, 0) is 20.0 Å². The first-order valence-corrected chi connectivity index (χ1v) is 9.06. The average molecular weight is 367 g/mol. The van der Waals surface area contributed by atoms with Gasteiger partial charge in [-0.05, 0) is 25.1 Å². The zero-order valence-corrected chi connectivity index (χ0v) is 15.9. The molecule has 0 unspecified atom stereocenters. The Bertz CT molecular complexity index is 839. The first-order chi connectivity index (χ1) is 13.1. The number of terminal acetylenes is 1. The van der Waals surface area contributed by atoms with Gasteiger partial charge in [-0.15, -0.1) is 6.42 Å². The predicted octanol–water partition coefficient (Wildman–Crippen LogP) is 0.900. The van der Waals surface area contributed by atoms with Gasteiger partial charge in [0.05, 0.1) is 24.1 Å². The highest BCUT2D eigenvalue weighted by Gasteiger charge is 2.22. The van der Waals surface area contributed by atoms with Crippen molar-refractivity contribution in [2.24, 2.45) is 7.05 Å². The van der Waals surface area contributed by atoms with E-state index in [2.05, 4.69) is 31.4 Å². The van der Waals surface area contributed by atoms with Gasteiger partial charge in [0.2, 0.25) is 0 Å². The van der Waals surface area contributed by atoms with Gasteiger partial charge < -0.3 is 10.2 Å². The van der Waals surface area contributed by atoms with Gasteiger partial charge in [0.15, 0.2) is 0 Å². The summed E-state index contributed by atoms with van der Waals surface area (Å²) in [6.07, 6.45) is 10.5. The predicted molar refractivity (Wildman–Crippen MR) is 103 cm³/mol. The minimum absolute atomic E-state index is 0.0417. The standard InChI is InChI=1S/C19H25N7O/c1-4-8-24(2)9-5-7-20-19(27)26-10-6-17-15(14-26)11-18(23-22-17)16-12-21-25(3)13-16/h1,11-13H,5-10,14H2,2-3H3,(H,20,27). The molecular weight excluding hydrogens is 342 g/mol. The summed E-state index contributed by atoms with van der Waals surface area (Å²) in [6, 6.07) is 1.97. The van der Waals surface area contributed by atoms with E-state index in [0.717, 1.165) is 35.5 Å². The molecule has 0 fully saturated rings. The number of nitrogens with zero attached hydrogens (tertiary/aromatic N) is 6. The molecule has 3 rings (SSSR count). The number of carbonyl (C=O) groups is 1. The van der Waals surface area contributed by atoms with Crippen molar-refractivity contribution in [3.05, 3.63) is 29.7 Å². The molecule has 0 bridgehead atoms. The quantitative estimate of drug-likeness (QED) is 0.606. The van der Waals surface area contributed by atoms with Gasteiger partial charge in [-0.1, -0.05) is 5.92 Å². The maximum absolute atomic E-state index is 12.5. The van der Waals surface area contributed by atoms with E-state index >= 15 is 0 Å². The minimum atomic E-state index is -0.0417. The fraction of sp³-hybridized carbons (Fsp3) is 0.474. The number of hydrogen-bond acceptors (Lipinski definition) is 5. The molecule has 1 aliphatic rings. The highest BCUT2D eigenvalue weighted by molar-refractivity contribution is 5.74. The molecule has 0 saturated carbocycles. The minimum Gasteiger partial charge on any atom is -0.338 e. The van der Waals surface area contributed by atoms with E-state index in [1.807, 2.05) is 31.3 Å². The molecule has 27 heavy (non-hydrogen) atoms. The lowest BCUT2D eigenvalue weighted by atomic mass is 10.0. The molecule has 1 N–H and O–H groups in total. The summed E-state index contributed by atoms with van der Waals surface area (Å²) in [4.78, 5) is 16.3. The summed E-state index contributed by atoms with van der Waals surface area (Å²) in [5.41, 5.74) is 3.70. The number of aromatic nitrogens is 4. The zero-order valence-electron chi connectivity index (χ0n) is 15.9. The van der Waals surface area contributed by atoms with Crippen molar-refractivity contribution in [3.63, 3.8) is 0 Å². The number of fused-ring (bicyclic) bond motifs is 1. The first-order valence-electron chi connectivity index (χ1n) is 9.06. The summed E-state index contributed by atoms with van der Waals surface area (Å²) < 4.78 is 1.73. The van der Waals surface area contributed by atoms with Crippen molar-refractivity contribution in [1.82, 2.24) is 35.1 Å². The van der Waals surface area contributed by atoms with Gasteiger partial charge in [0.25, 0.3) is 0 Å². The van der Waals surface area contributed by atoms with Crippen molar-refractivity contribution in [2.45, 2.75) is 19.4 Å². The number of carbonyl (C=O) groups excluding carboxylic acids is 1. The van der Waals surface area contributed by atoms with Crippen LogP contribution in [0, 0.1) is 12.3 Å². The van der Waals surface area contributed by atoms with Crippen LogP contribution in [0.15, 0.2) is 18.5 Å². The van der Waals surface area contributed by atoms with Crippen LogP contribution in [0.1, 0.15) is 17.7 Å². The van der Waals surface area contributed by atoms with Crippen LogP contribution in [0.4, 0.5) is 4.79 Å². The second kappa shape index (κ2) is 8.64. The van der Waals surface area contributed by atoms with Crippen LogP contribution in [0.5, 0.6) is 0 Å². The molecular formula is C19H25N7O. The summed E-state index contributed by atoms with van der Waals surface area (Å²) in [5.74, 6) is 2.61. The maximum Gasteiger partial charge on any atom is 0.317 e. The van der Waals surface area contributed by atoms with Crippen molar-refractivity contribution in [3.8, 4) is 23.6 Å². The summed E-state index contributed by atoms with van der Waals surface area (Å²) in [7, 11) is 3.84. The van der Waals surface area contributed by atoms with Crippen molar-refractivity contribution < 1.29 is 4.79 Å². The SMILES string of the molecule is C#CCN(C)CCCNC(=O)N1CCc2nnc(-c3cnn(C)c3)cc2C1. The molecule has 142 valence electrons. The average Bonchev–Trinajstić information content (AvgIpc) is 3.11. The fourth-order valence-corrected chi connectivity index (χ4v) is 3.09. The van der Waals surface area contributed by atoms with Crippen LogP contribution in [-0.4, -0.2) is 69.0 Å². The molecule has 2 amide bonds. The van der Waals surface area contributed by atoms with E-state index in [9.17, 15) is 4.79 Å². The van der Waals surface area contributed by atoms with Crippen LogP contribution in [0.2, 0.25) is 0 Å². The number of amides is 2. The monoisotopic (exact) mass is 367 g/mol. The Hall–Kier alpha value is -2.92. The van der Waals surface area contributed by atoms with Gasteiger partial charge in [-0.2, -0.15) is 15.3 Å². The molecule has 0 aliphatic carbocycles. The third-order valence-electron chi connectivity index (χ3n) is 4.58. The van der Waals surface area contributed by atoms with Crippen molar-refractivity contribution in [1.29, 1.82) is 0 Å². The second-order valence-corrected chi connectivity index (χ2v) is 6.80. The smallest absolute Gasteiger partial charge is 0.317 e. The van der Waals surface area contributed by atoms with Crippen LogP contribution >= 0.6 is 0 Å². The van der Waals surface area contributed by atoms with Crippen molar-refractivity contribution >= 4 is 6.03 Å². The number of urea groups is 1. The molecule has 0 atom stereocenters. The molecule has 1 aliphatic heterocycles. The van der Waals surface area contributed by atoms with E-state index < -0.39 is 0 Å². The third-order valence-corrected chi connectivity index (χ3v) is 4.58. The largest absolute Gasteiger partial charge is 0.338 e. The zero-order chi connectivity index (χ0) is 19.2. The van der Waals surface area contributed by atoms with Gasteiger partial charge in [-0.25, -0.2) is 4.79 Å². The maximum atomic E-state index is 12.5. The molecule has 0 spiro atoms. The highest BCUT2D eigenvalue weighted by atomic mass is 16.2. The van der Waals surface area contributed by atoms with Crippen molar-refractivity contribution in [2.75, 3.05) is 33.2 Å². The van der Waals surface area contributed by atoms with E-state index in [0.29, 0.717) is 32.6 Å². The van der Waals surface area contributed by atoms with Gasteiger partial charge in [-0.3, -0.25) is 9.58 Å². The summed E-state index contributed by atoms with van der Waals surface area (Å²) in [5, 5.41) is 15.8. The topological polar surface area (TPSA) is 79.2 Å². The molecule has 0 radical (unpaired) electrons. The molecule has 2 aromatic heterocycles. The highest BCUT2D eigenvalue weighted by Crippen LogP contribution is 2.22. The Morgan fingerprint density at radius 1 is 1.44 bits per heavy atom. The molecule has 3 heterocycles. The Labute approximate surface area is 159 Å². The first kappa shape index (κ1) is 18.9. The number of hydrogen-bond donors (Lipinski definition) is 1. The van der Waals surface area contributed by atoms with Crippen LogP contribution in [0.3, 0.4) is 0 Å². The van der Waals surface area contributed by atoms with E-state index in [1.165, 1.54) is 0 Å². The molecule has 0 aromatic carbocycles. The number of aryl methyl sites for hydroxylation is 1. The Morgan fingerprint density at radius 3 is 3.04 bits per heavy atom. The van der Waals surface area contributed by atoms with Gasteiger partial charge in [0, 0.05) is 51.4 Å². The molecule has 0 saturated heterocycles. The van der Waals surface area contributed by atoms with E-state index in [-0.39, 0.29) is 6.03 Å². The number of rotatable bonds is 6. The Kier molecular flexibility index (Phi) is 6.04. The Balaban J connectivity index is 1.55.